The molecule has 0 aliphatic heterocycles. The van der Waals surface area contributed by atoms with Gasteiger partial charge in [-0.3, -0.25) is 8.98 Å². The van der Waals surface area contributed by atoms with Gasteiger partial charge in [0.05, 0.1) is 6.61 Å². The molecule has 0 unspecified atom stereocenters. The molecule has 0 aliphatic carbocycles. The fraction of sp³-hybridized carbons (Fsp3) is 0.650. The molecule has 0 atom stereocenters. The van der Waals surface area contributed by atoms with Crippen molar-refractivity contribution >= 4 is 26.5 Å². The Morgan fingerprint density at radius 2 is 1.31 bits per heavy atom. The van der Waals surface area contributed by atoms with E-state index in [4.69, 9.17) is 10.3 Å². The lowest BCUT2D eigenvalue weighted by Gasteiger charge is -2.07. The molecule has 1 aromatic carbocycles. The van der Waals surface area contributed by atoms with E-state index in [1.165, 1.54) is 12.1 Å². The number of benzene rings is 1. The molecule has 5 N–H and O–H groups in total. The summed E-state index contributed by atoms with van der Waals surface area (Å²) in [5, 5.41) is 12.4. The third kappa shape index (κ3) is 16.9. The Morgan fingerprint density at radius 3 is 1.84 bits per heavy atom. The van der Waals surface area contributed by atoms with Gasteiger partial charge in [-0.2, -0.15) is 22.0 Å². The van der Waals surface area contributed by atoms with Crippen molar-refractivity contribution in [2.45, 2.75) is 70.6 Å². The molecule has 10 nitrogen and oxygen atoms in total. The van der Waals surface area contributed by atoms with Crippen molar-refractivity contribution in [2.24, 2.45) is 10.3 Å². The minimum atomic E-state index is -4.03. The zero-order chi connectivity index (χ0) is 23.9. The minimum absolute atomic E-state index is 0.0286. The van der Waals surface area contributed by atoms with E-state index in [1.54, 1.807) is 12.1 Å². The number of hydrogen-bond acceptors (Lipinski definition) is 7. The zero-order valence-electron chi connectivity index (χ0n) is 18.3. The summed E-state index contributed by atoms with van der Waals surface area (Å²) in [6, 6.07) is 6.49. The average molecular weight is 494 g/mol. The summed E-state index contributed by atoms with van der Waals surface area (Å²) in [6.45, 7) is 0.653. The van der Waals surface area contributed by atoms with Crippen LogP contribution in [-0.2, 0) is 36.0 Å². The third-order valence-electron chi connectivity index (χ3n) is 4.67. The van der Waals surface area contributed by atoms with Gasteiger partial charge in [-0.15, -0.1) is 0 Å². The average Bonchev–Trinajstić information content (AvgIpc) is 2.68. The van der Waals surface area contributed by atoms with E-state index in [9.17, 15) is 21.6 Å². The SMILES string of the molecule is NS(=O)(=O)OCCCCCCCCCCCC(=O)NCCc1ccc(OS(N)(=O)=O)cc1. The summed E-state index contributed by atoms with van der Waals surface area (Å²) in [7, 11) is -7.84. The smallest absolute Gasteiger partial charge is 0.371 e. The van der Waals surface area contributed by atoms with Crippen LogP contribution in [0.15, 0.2) is 24.3 Å². The minimum Gasteiger partial charge on any atom is -0.371 e. The number of unbranched alkanes of at least 4 members (excludes halogenated alkanes) is 8. The van der Waals surface area contributed by atoms with Crippen LogP contribution in [0.2, 0.25) is 0 Å². The van der Waals surface area contributed by atoms with Gasteiger partial charge in [0.25, 0.3) is 0 Å². The second kappa shape index (κ2) is 15.2. The van der Waals surface area contributed by atoms with Crippen LogP contribution in [0, 0.1) is 0 Å². The van der Waals surface area contributed by atoms with Gasteiger partial charge < -0.3 is 9.50 Å². The third-order valence-corrected chi connectivity index (χ3v) is 5.59. The van der Waals surface area contributed by atoms with Gasteiger partial charge in [0.2, 0.25) is 5.91 Å². The highest BCUT2D eigenvalue weighted by Gasteiger charge is 2.05. The number of hydrogen-bond donors (Lipinski definition) is 3. The summed E-state index contributed by atoms with van der Waals surface area (Å²) >= 11 is 0. The molecule has 0 spiro atoms. The molecule has 0 fully saturated rings. The van der Waals surface area contributed by atoms with Crippen LogP contribution < -0.4 is 19.8 Å². The van der Waals surface area contributed by atoms with Gasteiger partial charge in [-0.1, -0.05) is 57.1 Å². The standard InChI is InChI=1S/C20H35N3O7S2/c21-31(25,26)29-17-9-7-5-3-1-2-4-6-8-10-20(24)23-16-15-18-11-13-19(14-12-18)30-32(22,27)28/h11-14H,1-10,15-17H2,(H,23,24)(H2,21,25,26)(H2,22,27,28). The van der Waals surface area contributed by atoms with Crippen molar-refractivity contribution in [3.05, 3.63) is 29.8 Å². The highest BCUT2D eigenvalue weighted by molar-refractivity contribution is 7.84. The van der Waals surface area contributed by atoms with Gasteiger partial charge in [0.15, 0.2) is 0 Å². The Kier molecular flexibility index (Phi) is 13.4. The molecule has 1 amide bonds. The molecule has 184 valence electrons. The fourth-order valence-electron chi connectivity index (χ4n) is 3.08. The van der Waals surface area contributed by atoms with Crippen molar-refractivity contribution in [3.8, 4) is 5.75 Å². The van der Waals surface area contributed by atoms with Crippen LogP contribution in [0.4, 0.5) is 0 Å². The normalized spacial score (nSPS) is 11.9. The van der Waals surface area contributed by atoms with Gasteiger partial charge in [0.1, 0.15) is 5.75 Å². The van der Waals surface area contributed by atoms with E-state index in [0.29, 0.717) is 25.8 Å². The Bertz CT molecular complexity index is 873. The van der Waals surface area contributed by atoms with Gasteiger partial charge in [-0.05, 0) is 37.0 Å². The Morgan fingerprint density at radius 1 is 0.781 bits per heavy atom. The topological polar surface area (TPSA) is 168 Å². The lowest BCUT2D eigenvalue weighted by molar-refractivity contribution is -0.121. The molecule has 32 heavy (non-hydrogen) atoms. The first kappa shape index (κ1) is 28.3. The van der Waals surface area contributed by atoms with Crippen molar-refractivity contribution in [3.63, 3.8) is 0 Å². The summed E-state index contributed by atoms with van der Waals surface area (Å²) < 4.78 is 52.0. The number of carbonyl (C=O) groups is 1. The van der Waals surface area contributed by atoms with E-state index in [0.717, 1.165) is 56.9 Å². The van der Waals surface area contributed by atoms with Crippen LogP contribution in [0.1, 0.15) is 69.8 Å². The van der Waals surface area contributed by atoms with Crippen molar-refractivity contribution in [1.82, 2.24) is 5.32 Å². The quantitative estimate of drug-likeness (QED) is 0.263. The Hall–Kier alpha value is -1.73. The molecule has 0 heterocycles. The number of amides is 1. The first-order valence-corrected chi connectivity index (χ1v) is 13.7. The van der Waals surface area contributed by atoms with Crippen LogP contribution in [0.3, 0.4) is 0 Å². The Labute approximate surface area is 191 Å². The van der Waals surface area contributed by atoms with Crippen molar-refractivity contribution in [2.75, 3.05) is 13.2 Å². The van der Waals surface area contributed by atoms with E-state index in [2.05, 4.69) is 13.7 Å². The monoisotopic (exact) mass is 493 g/mol. The number of nitrogens with two attached hydrogens (primary N) is 2. The van der Waals surface area contributed by atoms with Crippen LogP contribution >= 0.6 is 0 Å². The first-order chi connectivity index (χ1) is 15.1. The molecule has 1 rings (SSSR count). The number of carbonyl (C=O) groups excluding carboxylic acids is 1. The highest BCUT2D eigenvalue weighted by atomic mass is 32.2. The predicted molar refractivity (Wildman–Crippen MR) is 122 cm³/mol. The molecule has 0 aliphatic rings. The summed E-state index contributed by atoms with van der Waals surface area (Å²) in [5.74, 6) is 0.177. The summed E-state index contributed by atoms with van der Waals surface area (Å²) in [6.07, 6.45) is 10.1. The van der Waals surface area contributed by atoms with Crippen LogP contribution in [0.5, 0.6) is 5.75 Å². The number of nitrogens with one attached hydrogen (secondary N) is 1. The molecule has 0 bridgehead atoms. The van der Waals surface area contributed by atoms with Crippen LogP contribution in [-0.4, -0.2) is 35.9 Å². The molecule has 0 radical (unpaired) electrons. The van der Waals surface area contributed by atoms with E-state index < -0.39 is 20.6 Å². The second-order valence-electron chi connectivity index (χ2n) is 7.57. The fourth-order valence-corrected chi connectivity index (χ4v) is 3.81. The molecule has 0 aromatic heterocycles. The first-order valence-electron chi connectivity index (χ1n) is 10.8. The summed E-state index contributed by atoms with van der Waals surface area (Å²) in [4.78, 5) is 11.9. The Balaban J connectivity index is 1.95. The second-order valence-corrected chi connectivity index (χ2v) is 9.94. The number of rotatable bonds is 18. The van der Waals surface area contributed by atoms with Gasteiger partial charge >= 0.3 is 20.6 Å². The molecule has 0 saturated carbocycles. The van der Waals surface area contributed by atoms with Crippen LogP contribution in [0.25, 0.3) is 0 Å². The van der Waals surface area contributed by atoms with Crippen molar-refractivity contribution < 1.29 is 30.0 Å². The lowest BCUT2D eigenvalue weighted by atomic mass is 10.1. The van der Waals surface area contributed by atoms with Crippen molar-refractivity contribution in [1.29, 1.82) is 0 Å². The maximum atomic E-state index is 11.9. The lowest BCUT2D eigenvalue weighted by Crippen LogP contribution is -2.25. The van der Waals surface area contributed by atoms with E-state index >= 15 is 0 Å². The molecule has 0 saturated heterocycles. The summed E-state index contributed by atoms with van der Waals surface area (Å²) in [5.41, 5.74) is 0.948. The predicted octanol–water partition coefficient (Wildman–Crippen LogP) is 2.05. The zero-order valence-corrected chi connectivity index (χ0v) is 20.0. The van der Waals surface area contributed by atoms with Gasteiger partial charge in [-0.25, -0.2) is 5.14 Å². The maximum Gasteiger partial charge on any atom is 0.380 e. The maximum absolute atomic E-state index is 11.9. The highest BCUT2D eigenvalue weighted by Crippen LogP contribution is 2.14. The largest absolute Gasteiger partial charge is 0.380 e. The molecule has 12 heteroatoms. The molecule has 1 aromatic rings. The van der Waals surface area contributed by atoms with E-state index in [1.807, 2.05) is 0 Å². The van der Waals surface area contributed by atoms with Gasteiger partial charge in [0, 0.05) is 13.0 Å². The molecular formula is C20H35N3O7S2. The molecular weight excluding hydrogens is 458 g/mol. The van der Waals surface area contributed by atoms with E-state index in [-0.39, 0.29) is 18.3 Å².